The van der Waals surface area contributed by atoms with E-state index in [2.05, 4.69) is 77.6 Å². The van der Waals surface area contributed by atoms with Crippen molar-refractivity contribution in [2.75, 3.05) is 99.6 Å². The number of carboxylic acids is 2. The van der Waals surface area contributed by atoms with E-state index in [0.29, 0.717) is 37.9 Å². The molecule has 0 aliphatic carbocycles. The van der Waals surface area contributed by atoms with Crippen LogP contribution in [0.2, 0.25) is 0 Å². The van der Waals surface area contributed by atoms with Gasteiger partial charge in [0.25, 0.3) is 0 Å². The number of hydrogen-bond donors (Lipinski definition) is 10. The molecule has 10 N–H and O–H groups in total. The number of carbonyl (C=O) groups is 3. The molecule has 0 spiro atoms. The van der Waals surface area contributed by atoms with Crippen LogP contribution in [0, 0.1) is 0 Å². The van der Waals surface area contributed by atoms with Crippen LogP contribution >= 0.6 is 0 Å². The minimum absolute atomic E-state index is 0.0438. The van der Waals surface area contributed by atoms with Crippen molar-refractivity contribution in [3.63, 3.8) is 0 Å². The van der Waals surface area contributed by atoms with E-state index < -0.39 is 85.1 Å². The average molecular weight is 1280 g/mol. The molecule has 0 saturated carbocycles. The zero-order valence-corrected chi connectivity index (χ0v) is 51.6. The standard InChI is InChI=1S/C17H23NO5.C14H18O6.C9H11N3O3.C9H16O6.C9H16O3.C4H8O/c1-5-10-22-13-8-6-12(7-9-13)11-14(15(19)20)18-16(21)23-17(2,3)4;1-2-7-18-13(19-8-6-15)10-20-12-5-3-4-11(9-12)14(16)17;1-3-5-14-8-10-7(13)11-9(12-8)15-6-4-2;1-2-3-14-9-8(13)7(12)6(11)5(4-10)15-9;1-3-5-11-7-9(10)8-12-6-4-2;1-3-4-5-2/h5-9,14H,1,10-11H2,2-4H3,(H,18,21)(H,19,20);2-5,9,13,15H,1,6-8,10H2,(H,16,17);3-4H,1-2,5-6H2,(H,10,11,12,13);2,5-13H,1,3-4H2;3-4,9-10H,1-2,5-8H2;3H,1,4H2,2H3/t14-;;;5-,6-,7+,8-,9-;;/m0..1../s1. The minimum Gasteiger partial charge on any atom is -0.490 e. The van der Waals surface area contributed by atoms with E-state index in [9.17, 15) is 44.7 Å². The van der Waals surface area contributed by atoms with Crippen LogP contribution in [-0.2, 0) is 49.1 Å². The van der Waals surface area contributed by atoms with Gasteiger partial charge in [0, 0.05) is 13.5 Å². The number of H-pyrrole nitrogens is 1. The van der Waals surface area contributed by atoms with Gasteiger partial charge >= 0.3 is 35.7 Å². The summed E-state index contributed by atoms with van der Waals surface area (Å²) in [4.78, 5) is 54.5. The molecular formula is C62H92N4O24. The number of carboxylic acid groups (broad SMARTS) is 2. The summed E-state index contributed by atoms with van der Waals surface area (Å²) in [7, 11) is 1.64. The van der Waals surface area contributed by atoms with E-state index in [1.807, 2.05) is 0 Å². The smallest absolute Gasteiger partial charge is 0.408 e. The van der Waals surface area contributed by atoms with Gasteiger partial charge in [0.05, 0.1) is 71.6 Å². The first kappa shape index (κ1) is 84.1. The van der Waals surface area contributed by atoms with Crippen molar-refractivity contribution in [1.82, 2.24) is 20.3 Å². The Labute approximate surface area is 525 Å². The molecule has 2 aromatic carbocycles. The number of nitrogens with one attached hydrogen (secondary N) is 2. The number of amides is 1. The lowest BCUT2D eigenvalue weighted by Gasteiger charge is -2.39. The van der Waals surface area contributed by atoms with Gasteiger partial charge in [0.1, 0.15) is 80.1 Å². The Morgan fingerprint density at radius 1 is 0.689 bits per heavy atom. The van der Waals surface area contributed by atoms with Gasteiger partial charge in [-0.2, -0.15) is 0 Å². The molecule has 28 heteroatoms. The lowest BCUT2D eigenvalue weighted by Crippen LogP contribution is -2.59. The molecule has 0 radical (unpaired) electrons. The Morgan fingerprint density at radius 2 is 1.27 bits per heavy atom. The summed E-state index contributed by atoms with van der Waals surface area (Å²) in [6.45, 7) is 36.0. The minimum atomic E-state index is -1.40. The third-order valence-corrected chi connectivity index (χ3v) is 9.86. The van der Waals surface area contributed by atoms with E-state index in [1.54, 1.807) is 94.7 Å². The van der Waals surface area contributed by atoms with Crippen molar-refractivity contribution in [2.24, 2.45) is 0 Å². The highest BCUT2D eigenvalue weighted by molar-refractivity contribution is 5.88. The maximum Gasteiger partial charge on any atom is 0.408 e. The van der Waals surface area contributed by atoms with Crippen LogP contribution in [0.5, 0.6) is 23.5 Å². The molecule has 504 valence electrons. The molecule has 1 aromatic heterocycles. The highest BCUT2D eigenvalue weighted by atomic mass is 16.7. The average Bonchev–Trinajstić information content (AvgIpc) is 1.16. The number of aliphatic hydroxyl groups excluding tert-OH is 6. The molecule has 1 aliphatic rings. The van der Waals surface area contributed by atoms with E-state index in [-0.39, 0.29) is 83.5 Å². The number of ether oxygens (including phenoxy) is 12. The van der Waals surface area contributed by atoms with Gasteiger partial charge in [-0.1, -0.05) is 86.5 Å². The van der Waals surface area contributed by atoms with Crippen LogP contribution < -0.4 is 30.0 Å². The monoisotopic (exact) mass is 1280 g/mol. The van der Waals surface area contributed by atoms with Crippen molar-refractivity contribution in [3.8, 4) is 23.5 Å². The molecular weight excluding hydrogens is 1180 g/mol. The zero-order valence-electron chi connectivity index (χ0n) is 51.6. The number of aromatic nitrogens is 3. The number of aliphatic hydroxyl groups is 6. The van der Waals surface area contributed by atoms with Gasteiger partial charge in [-0.15, -0.1) is 42.9 Å². The molecule has 1 amide bonds. The molecule has 1 saturated heterocycles. The fourth-order valence-corrected chi connectivity index (χ4v) is 6.01. The number of alkyl carbamates (subject to hydrolysis) is 1. The van der Waals surface area contributed by atoms with Crippen LogP contribution in [-0.4, -0.2) is 228 Å². The highest BCUT2D eigenvalue weighted by Gasteiger charge is 2.43. The third-order valence-electron chi connectivity index (χ3n) is 9.86. The van der Waals surface area contributed by atoms with Crippen LogP contribution in [0.25, 0.3) is 0 Å². The molecule has 0 bridgehead atoms. The number of aromatic carboxylic acids is 1. The summed E-state index contributed by atoms with van der Waals surface area (Å²) < 4.78 is 61.1. The first-order chi connectivity index (χ1) is 43.0. The molecule has 4 rings (SSSR count). The number of carbonyl (C=O) groups excluding carboxylic acids is 1. The van der Waals surface area contributed by atoms with Gasteiger partial charge in [-0.05, 0) is 56.7 Å². The lowest BCUT2D eigenvalue weighted by atomic mass is 9.99. The molecule has 90 heavy (non-hydrogen) atoms. The van der Waals surface area contributed by atoms with E-state index in [1.165, 1.54) is 30.4 Å². The zero-order chi connectivity index (χ0) is 68.1. The number of aliphatic carboxylic acids is 1. The Balaban J connectivity index is 0. The van der Waals surface area contributed by atoms with Crippen molar-refractivity contribution in [3.05, 3.63) is 171 Å². The van der Waals surface area contributed by atoms with Crippen molar-refractivity contribution in [1.29, 1.82) is 0 Å². The van der Waals surface area contributed by atoms with Gasteiger partial charge in [-0.25, -0.2) is 19.2 Å². The second kappa shape index (κ2) is 52.9. The van der Waals surface area contributed by atoms with Gasteiger partial charge < -0.3 is 103 Å². The summed E-state index contributed by atoms with van der Waals surface area (Å²) in [5.74, 6) is -1.07. The number of benzene rings is 2. The maximum atomic E-state index is 11.7. The number of rotatable bonds is 37. The Morgan fingerprint density at radius 3 is 1.78 bits per heavy atom. The summed E-state index contributed by atoms with van der Waals surface area (Å²) >= 11 is 0. The topological polar surface area (TPSA) is 394 Å². The maximum absolute atomic E-state index is 11.7. The number of hydrogen-bond acceptors (Lipinski definition) is 24. The number of nitrogens with zero attached hydrogens (tertiary/aromatic N) is 2. The Hall–Kier alpha value is -7.94. The molecule has 7 atom stereocenters. The highest BCUT2D eigenvalue weighted by Crippen LogP contribution is 2.22. The van der Waals surface area contributed by atoms with E-state index >= 15 is 0 Å². The second-order valence-corrected chi connectivity index (χ2v) is 18.6. The summed E-state index contributed by atoms with van der Waals surface area (Å²) in [6, 6.07) is 12.1. The molecule has 2 heterocycles. The van der Waals surface area contributed by atoms with Crippen molar-refractivity contribution >= 4 is 18.0 Å². The van der Waals surface area contributed by atoms with E-state index in [0.717, 1.165) is 5.56 Å². The SMILES string of the molecule is C=CCOC.C=CCOC(COc1cccc(C(=O)O)c1)OCCO.C=CCOCC(O)COCC=C.C=CCO[C@@H]1O[C@H](CO)[C@@H](O)[C@H](O)[C@H]1O.C=CCOc1ccc(C[C@H](NC(=O)OC(C)(C)C)C(=O)O)cc1.C=CCOc1nc(OCC=C)[nH]c(=O)n1. The van der Waals surface area contributed by atoms with Gasteiger partial charge in [0.15, 0.2) is 12.6 Å². The first-order valence-electron chi connectivity index (χ1n) is 27.6. The van der Waals surface area contributed by atoms with Gasteiger partial charge in [-0.3, -0.25) is 4.98 Å². The summed E-state index contributed by atoms with van der Waals surface area (Å²) in [5.41, 5.74) is -0.359. The van der Waals surface area contributed by atoms with Gasteiger partial charge in [0.2, 0.25) is 0 Å². The number of methoxy groups -OCH3 is 1. The molecule has 1 unspecified atom stereocenters. The Kier molecular flexibility index (Phi) is 49.5. The molecule has 3 aromatic rings. The van der Waals surface area contributed by atoms with Crippen LogP contribution in [0.3, 0.4) is 0 Å². The molecule has 1 fully saturated rings. The molecule has 1 aliphatic heterocycles. The predicted molar refractivity (Wildman–Crippen MR) is 333 cm³/mol. The van der Waals surface area contributed by atoms with Crippen LogP contribution in [0.4, 0.5) is 4.79 Å². The summed E-state index contributed by atoms with van der Waals surface area (Å²) in [6.07, 6.45) is 4.78. The van der Waals surface area contributed by atoms with Crippen molar-refractivity contribution in [2.45, 2.75) is 81.9 Å². The fourth-order valence-electron chi connectivity index (χ4n) is 6.01. The largest absolute Gasteiger partial charge is 0.490 e. The van der Waals surface area contributed by atoms with Crippen LogP contribution in [0.1, 0.15) is 36.7 Å². The summed E-state index contributed by atoms with van der Waals surface area (Å²) in [5, 5.41) is 75.5. The third kappa shape index (κ3) is 42.9. The first-order valence-corrected chi connectivity index (χ1v) is 27.6. The second-order valence-electron chi connectivity index (χ2n) is 18.6. The predicted octanol–water partition coefficient (Wildman–Crippen LogP) is 3.93. The normalized spacial score (nSPS) is 16.0. The quantitative estimate of drug-likeness (QED) is 0.0222. The lowest BCUT2D eigenvalue weighted by molar-refractivity contribution is -0.298. The Bertz CT molecular complexity index is 2490. The fraction of sp³-hybridized carbons (Fsp3) is 0.452. The van der Waals surface area contributed by atoms with Crippen molar-refractivity contribution < 1.29 is 112 Å². The van der Waals surface area contributed by atoms with E-state index in [4.69, 9.17) is 67.4 Å². The van der Waals surface area contributed by atoms with Crippen LogP contribution in [0.15, 0.2) is 155 Å². The number of aromatic amines is 1. The molecule has 28 nitrogen and oxygen atoms in total.